The molecular formula is C7H10O5. The van der Waals surface area contributed by atoms with E-state index in [2.05, 4.69) is 20.8 Å². The normalized spacial score (nSPS) is 8.75. The largest absolute Gasteiger partial charge is 0.451 e. The van der Waals surface area contributed by atoms with E-state index in [1.54, 1.807) is 0 Å². The molecule has 0 heterocycles. The zero-order valence-corrected chi connectivity index (χ0v) is 6.74. The van der Waals surface area contributed by atoms with Gasteiger partial charge >= 0.3 is 11.9 Å². The fourth-order valence-corrected chi connectivity index (χ4v) is 0.355. The van der Waals surface area contributed by atoms with Gasteiger partial charge in [-0.2, -0.15) is 0 Å². The molecule has 0 spiro atoms. The summed E-state index contributed by atoms with van der Waals surface area (Å²) in [5.74, 6) is -1.32. The van der Waals surface area contributed by atoms with Crippen LogP contribution >= 0.6 is 0 Å². The molecule has 0 atom stereocenters. The summed E-state index contributed by atoms with van der Waals surface area (Å²) in [4.78, 5) is 21.0. The first-order valence-corrected chi connectivity index (χ1v) is 3.14. The lowest BCUT2D eigenvalue weighted by atomic mass is 10.6. The summed E-state index contributed by atoms with van der Waals surface area (Å²) in [5.41, 5.74) is 0. The topological polar surface area (TPSA) is 61.8 Å². The van der Waals surface area contributed by atoms with Crippen molar-refractivity contribution in [3.8, 4) is 0 Å². The lowest BCUT2D eigenvalue weighted by molar-refractivity contribution is -0.163. The first-order chi connectivity index (χ1) is 5.70. The molecule has 0 radical (unpaired) electrons. The third kappa shape index (κ3) is 5.43. The van der Waals surface area contributed by atoms with Crippen LogP contribution in [0.15, 0.2) is 12.7 Å². The fraction of sp³-hybridized carbons (Fsp3) is 0.429. The second-order valence-corrected chi connectivity index (χ2v) is 1.73. The number of esters is 2. The molecule has 0 aliphatic heterocycles. The highest BCUT2D eigenvalue weighted by molar-refractivity contribution is 5.83. The Labute approximate surface area is 69.9 Å². The van der Waals surface area contributed by atoms with E-state index in [9.17, 15) is 9.59 Å². The van der Waals surface area contributed by atoms with Gasteiger partial charge in [-0.1, -0.05) is 6.58 Å². The van der Waals surface area contributed by atoms with E-state index in [-0.39, 0.29) is 6.79 Å². The minimum absolute atomic E-state index is 0.148. The third-order valence-corrected chi connectivity index (χ3v) is 0.837. The highest BCUT2D eigenvalue weighted by Gasteiger charge is 2.04. The zero-order chi connectivity index (χ0) is 9.40. The molecular weight excluding hydrogens is 164 g/mol. The van der Waals surface area contributed by atoms with Gasteiger partial charge < -0.3 is 14.2 Å². The van der Waals surface area contributed by atoms with Crippen molar-refractivity contribution in [2.75, 3.05) is 20.5 Å². The number of hydrogen-bond donors (Lipinski definition) is 0. The van der Waals surface area contributed by atoms with Crippen molar-refractivity contribution in [2.45, 2.75) is 0 Å². The van der Waals surface area contributed by atoms with Gasteiger partial charge in [-0.25, -0.2) is 9.59 Å². The molecule has 0 fully saturated rings. The molecule has 0 aromatic heterocycles. The summed E-state index contributed by atoms with van der Waals surface area (Å²) in [6.45, 7) is 2.58. The van der Waals surface area contributed by atoms with Crippen molar-refractivity contribution in [1.29, 1.82) is 0 Å². The van der Waals surface area contributed by atoms with E-state index >= 15 is 0 Å². The minimum Gasteiger partial charge on any atom is -0.451 e. The van der Waals surface area contributed by atoms with E-state index < -0.39 is 18.5 Å². The first kappa shape index (κ1) is 10.6. The van der Waals surface area contributed by atoms with Crippen molar-refractivity contribution in [3.05, 3.63) is 12.7 Å². The summed E-state index contributed by atoms with van der Waals surface area (Å²) in [6.07, 6.45) is 0.962. The van der Waals surface area contributed by atoms with Crippen molar-refractivity contribution >= 4 is 11.9 Å². The number of carbonyl (C=O) groups is 2. The second kappa shape index (κ2) is 6.36. The van der Waals surface area contributed by atoms with Crippen molar-refractivity contribution < 1.29 is 23.8 Å². The van der Waals surface area contributed by atoms with Crippen LogP contribution in [0.4, 0.5) is 0 Å². The molecule has 0 aliphatic rings. The molecule has 12 heavy (non-hydrogen) atoms. The van der Waals surface area contributed by atoms with Gasteiger partial charge in [0.1, 0.15) is 0 Å². The Morgan fingerprint density at radius 2 is 2.08 bits per heavy atom. The van der Waals surface area contributed by atoms with Gasteiger partial charge in [-0.15, -0.1) is 0 Å². The van der Waals surface area contributed by atoms with Crippen LogP contribution in [-0.4, -0.2) is 32.4 Å². The lowest BCUT2D eigenvalue weighted by Crippen LogP contribution is -2.16. The summed E-state index contributed by atoms with van der Waals surface area (Å²) < 4.78 is 13.2. The lowest BCUT2D eigenvalue weighted by Gasteiger charge is -2.02. The minimum atomic E-state index is -0.663. The predicted molar refractivity (Wildman–Crippen MR) is 39.1 cm³/mol. The summed E-state index contributed by atoms with van der Waals surface area (Å²) in [5, 5.41) is 0. The quantitative estimate of drug-likeness (QED) is 0.330. The molecule has 0 bridgehead atoms. The second-order valence-electron chi connectivity index (χ2n) is 1.73. The summed E-state index contributed by atoms with van der Waals surface area (Å²) in [7, 11) is 1.38. The Kier molecular flexibility index (Phi) is 5.64. The molecule has 0 aromatic carbocycles. The standard InChI is InChI=1S/C7H10O5/c1-3-6(8)11-4-7(9)12-5-10-2/h3H,1,4-5H2,2H3. The van der Waals surface area contributed by atoms with Crippen LogP contribution in [0.5, 0.6) is 0 Å². The Morgan fingerprint density at radius 1 is 1.42 bits per heavy atom. The molecule has 5 nitrogen and oxygen atoms in total. The summed E-state index contributed by atoms with van der Waals surface area (Å²) >= 11 is 0. The van der Waals surface area contributed by atoms with Gasteiger partial charge in [0.05, 0.1) is 0 Å². The molecule has 0 aromatic rings. The van der Waals surface area contributed by atoms with E-state index in [0.29, 0.717) is 0 Å². The van der Waals surface area contributed by atoms with Crippen LogP contribution in [0.1, 0.15) is 0 Å². The molecule has 68 valence electrons. The average molecular weight is 174 g/mol. The van der Waals surface area contributed by atoms with Gasteiger partial charge in [0.2, 0.25) is 0 Å². The molecule has 0 N–H and O–H groups in total. The van der Waals surface area contributed by atoms with Crippen LogP contribution < -0.4 is 0 Å². The summed E-state index contributed by atoms with van der Waals surface area (Å²) in [6, 6.07) is 0. The van der Waals surface area contributed by atoms with Crippen molar-refractivity contribution in [2.24, 2.45) is 0 Å². The maximum atomic E-state index is 10.6. The number of rotatable bonds is 5. The van der Waals surface area contributed by atoms with Crippen LogP contribution in [0, 0.1) is 0 Å². The van der Waals surface area contributed by atoms with Gasteiger partial charge in [0.25, 0.3) is 0 Å². The molecule has 0 saturated carbocycles. The van der Waals surface area contributed by atoms with Crippen LogP contribution in [-0.2, 0) is 23.8 Å². The molecule has 0 rings (SSSR count). The SMILES string of the molecule is C=CC(=O)OCC(=O)OCOC. The van der Waals surface area contributed by atoms with Gasteiger partial charge in [0.15, 0.2) is 13.4 Å². The molecule has 0 saturated heterocycles. The Bertz CT molecular complexity index is 175. The maximum absolute atomic E-state index is 10.6. The highest BCUT2D eigenvalue weighted by Crippen LogP contribution is 1.83. The first-order valence-electron chi connectivity index (χ1n) is 3.14. The van der Waals surface area contributed by atoms with Gasteiger partial charge in [0, 0.05) is 13.2 Å². The van der Waals surface area contributed by atoms with Gasteiger partial charge in [-0.3, -0.25) is 0 Å². The number of carbonyl (C=O) groups excluding carboxylic acids is 2. The highest BCUT2D eigenvalue weighted by atomic mass is 16.7. The number of hydrogen-bond acceptors (Lipinski definition) is 5. The molecule has 0 unspecified atom stereocenters. The molecule has 5 heteroatoms. The third-order valence-electron chi connectivity index (χ3n) is 0.837. The Hall–Kier alpha value is -1.36. The fourth-order valence-electron chi connectivity index (χ4n) is 0.355. The zero-order valence-electron chi connectivity index (χ0n) is 6.74. The number of ether oxygens (including phenoxy) is 3. The van der Waals surface area contributed by atoms with Crippen molar-refractivity contribution in [1.82, 2.24) is 0 Å². The van der Waals surface area contributed by atoms with E-state index in [0.717, 1.165) is 6.08 Å². The van der Waals surface area contributed by atoms with E-state index in [1.807, 2.05) is 0 Å². The smallest absolute Gasteiger partial charge is 0.346 e. The maximum Gasteiger partial charge on any atom is 0.346 e. The Morgan fingerprint density at radius 3 is 2.58 bits per heavy atom. The van der Waals surface area contributed by atoms with E-state index in [1.165, 1.54) is 7.11 Å². The average Bonchev–Trinajstić information content (AvgIpc) is 2.10. The molecule has 0 amide bonds. The van der Waals surface area contributed by atoms with Crippen LogP contribution in [0.25, 0.3) is 0 Å². The van der Waals surface area contributed by atoms with Crippen LogP contribution in [0.2, 0.25) is 0 Å². The Balaban J connectivity index is 3.43. The van der Waals surface area contributed by atoms with Crippen LogP contribution in [0.3, 0.4) is 0 Å². The van der Waals surface area contributed by atoms with Gasteiger partial charge in [-0.05, 0) is 0 Å². The predicted octanol–water partition coefficient (Wildman–Crippen LogP) is -0.137. The van der Waals surface area contributed by atoms with Crippen molar-refractivity contribution in [3.63, 3.8) is 0 Å². The van der Waals surface area contributed by atoms with E-state index in [4.69, 9.17) is 0 Å². The number of methoxy groups -OCH3 is 1. The monoisotopic (exact) mass is 174 g/mol. The molecule has 0 aliphatic carbocycles.